The van der Waals surface area contributed by atoms with Gasteiger partial charge in [0.05, 0.1) is 18.8 Å². The minimum absolute atomic E-state index is 0.0227. The van der Waals surface area contributed by atoms with Crippen LogP contribution in [0.3, 0.4) is 0 Å². The number of carboxylic acid groups (broad SMARTS) is 1. The first-order chi connectivity index (χ1) is 39.3. The van der Waals surface area contributed by atoms with Crippen molar-refractivity contribution < 1.29 is 67.3 Å². The normalized spacial score (nSPS) is 12.7. The summed E-state index contributed by atoms with van der Waals surface area (Å²) >= 11 is 0. The van der Waals surface area contributed by atoms with Gasteiger partial charge >= 0.3 is 24.1 Å². The number of amides is 10. The zero-order valence-corrected chi connectivity index (χ0v) is 48.2. The number of nitrogens with two attached hydrogens (primary N) is 1. The summed E-state index contributed by atoms with van der Waals surface area (Å²) in [7, 11) is 0. The lowest BCUT2D eigenvalue weighted by molar-refractivity contribution is -0.134. The summed E-state index contributed by atoms with van der Waals surface area (Å²) in [5.74, 6) is -4.45. The fourth-order valence-electron chi connectivity index (χ4n) is 8.30. The molecule has 10 amide bonds. The molecule has 4 atom stereocenters. The van der Waals surface area contributed by atoms with E-state index in [2.05, 4.69) is 53.2 Å². The van der Waals surface area contributed by atoms with Crippen LogP contribution in [0, 0.1) is 5.92 Å². The van der Waals surface area contributed by atoms with E-state index in [-0.39, 0.29) is 122 Å². The van der Waals surface area contributed by atoms with Crippen molar-refractivity contribution in [2.75, 3.05) is 57.8 Å². The van der Waals surface area contributed by atoms with Crippen LogP contribution in [0.4, 0.5) is 20.1 Å². The lowest BCUT2D eigenvalue weighted by Gasteiger charge is -2.26. The molecular formula is C57H81N11O15. The molecule has 26 nitrogen and oxygen atoms in total. The van der Waals surface area contributed by atoms with E-state index in [1.165, 1.54) is 62.4 Å². The van der Waals surface area contributed by atoms with Crippen LogP contribution in [0.15, 0.2) is 63.8 Å². The molecule has 0 fully saturated rings. The topological polar surface area (TPSA) is 389 Å². The molecule has 83 heavy (non-hydrogen) atoms. The molecule has 2 aliphatic rings. The van der Waals surface area contributed by atoms with E-state index >= 15 is 0 Å². The number of carboxylic acids is 1. The van der Waals surface area contributed by atoms with Gasteiger partial charge in [-0.1, -0.05) is 19.9 Å². The number of aromatic hydroxyl groups is 1. The number of phenols is 1. The Morgan fingerprint density at radius 2 is 1.29 bits per heavy atom. The van der Waals surface area contributed by atoms with Gasteiger partial charge in [-0.3, -0.25) is 28.8 Å². The highest BCUT2D eigenvalue weighted by atomic mass is 16.6. The maximum absolute atomic E-state index is 14.1. The molecule has 0 spiro atoms. The molecule has 0 aromatic heterocycles. The van der Waals surface area contributed by atoms with Crippen LogP contribution in [-0.4, -0.2) is 146 Å². The smallest absolute Gasteiger partial charge is 0.407 e. The van der Waals surface area contributed by atoms with Gasteiger partial charge in [-0.25, -0.2) is 19.2 Å². The Morgan fingerprint density at radius 1 is 0.639 bits per heavy atom. The molecule has 1 aliphatic heterocycles. The number of ether oxygens (including phenoxy) is 2. The van der Waals surface area contributed by atoms with E-state index in [1.807, 2.05) is 13.8 Å². The Kier molecular flexibility index (Phi) is 27.0. The minimum atomic E-state index is -1.36. The second-order valence-corrected chi connectivity index (χ2v) is 21.1. The first-order valence-corrected chi connectivity index (χ1v) is 27.7. The molecule has 14 N–H and O–H groups in total. The fourth-order valence-corrected chi connectivity index (χ4v) is 8.30. The molecule has 0 saturated heterocycles. The first kappa shape index (κ1) is 67.0. The number of rotatable bonds is 32. The highest BCUT2D eigenvalue weighted by Gasteiger charge is 2.31. The summed E-state index contributed by atoms with van der Waals surface area (Å²) in [6.45, 7) is 14.0. The lowest BCUT2D eigenvalue weighted by atomic mass is 9.90. The van der Waals surface area contributed by atoms with Crippen LogP contribution in [0.25, 0.3) is 33.4 Å². The summed E-state index contributed by atoms with van der Waals surface area (Å²) in [4.78, 5) is 129. The largest absolute Gasteiger partial charge is 0.508 e. The molecular weight excluding hydrogens is 1080 g/mol. The average Bonchev–Trinajstić information content (AvgIpc) is 2.71. The van der Waals surface area contributed by atoms with Gasteiger partial charge in [-0.2, -0.15) is 0 Å². The lowest BCUT2D eigenvalue weighted by Crippen LogP contribution is -2.58. The van der Waals surface area contributed by atoms with Gasteiger partial charge < -0.3 is 83.0 Å². The number of hydrogen-bond acceptors (Lipinski definition) is 15. The summed E-state index contributed by atoms with van der Waals surface area (Å²) in [5, 5.41) is 47.5. The SMILES string of the molecule is CC(C)C[C@H](NC(=O)[C@H](CCCCNC(=O)OC(C)(C)C)NC(=O)[C@H](C)NC(=O)Nc1ccc(-c2c3ccc(=O)cc-3oc3cc(O)ccc23)c(C(=O)O)c1)C(=O)N[C@@H](C)C(=O)NCCCNC(=O)CCOCCNC(=O)NCCCCN. The molecule has 2 aromatic carbocycles. The molecule has 2 aromatic rings. The quantitative estimate of drug-likeness (QED) is 0.0244. The summed E-state index contributed by atoms with van der Waals surface area (Å²) in [6, 6.07) is 6.49. The third-order valence-electron chi connectivity index (χ3n) is 12.4. The van der Waals surface area contributed by atoms with Crippen LogP contribution >= 0.6 is 0 Å². The zero-order valence-electron chi connectivity index (χ0n) is 48.2. The Balaban J connectivity index is 1.35. The van der Waals surface area contributed by atoms with E-state index in [9.17, 15) is 58.2 Å². The van der Waals surface area contributed by atoms with E-state index < -0.39 is 71.5 Å². The molecule has 0 radical (unpaired) electrons. The second kappa shape index (κ2) is 33.4. The molecule has 26 heteroatoms. The van der Waals surface area contributed by atoms with Crippen LogP contribution in [0.5, 0.6) is 5.75 Å². The van der Waals surface area contributed by atoms with Crippen LogP contribution < -0.4 is 64.3 Å². The Hall–Kier alpha value is -8.52. The van der Waals surface area contributed by atoms with Crippen molar-refractivity contribution in [3.05, 3.63) is 70.4 Å². The number of benzene rings is 3. The van der Waals surface area contributed by atoms with Crippen molar-refractivity contribution in [3.8, 4) is 28.2 Å². The van der Waals surface area contributed by atoms with Gasteiger partial charge in [0.2, 0.25) is 29.5 Å². The third kappa shape index (κ3) is 23.5. The Morgan fingerprint density at radius 3 is 2.00 bits per heavy atom. The predicted octanol–water partition coefficient (Wildman–Crippen LogP) is 3.76. The molecule has 454 valence electrons. The van der Waals surface area contributed by atoms with Crippen LogP contribution in [-0.2, 0) is 33.4 Å². The Bertz CT molecular complexity index is 2910. The van der Waals surface area contributed by atoms with Crippen molar-refractivity contribution in [3.63, 3.8) is 0 Å². The second-order valence-electron chi connectivity index (χ2n) is 21.1. The van der Waals surface area contributed by atoms with Gasteiger partial charge in [-0.05, 0) is 134 Å². The number of aromatic carboxylic acids is 1. The van der Waals surface area contributed by atoms with Crippen LogP contribution in [0.1, 0.15) is 110 Å². The number of alkyl carbamates (subject to hydrolysis) is 1. The maximum Gasteiger partial charge on any atom is 0.407 e. The third-order valence-corrected chi connectivity index (χ3v) is 12.4. The van der Waals surface area contributed by atoms with Gasteiger partial charge in [-0.15, -0.1) is 0 Å². The summed E-state index contributed by atoms with van der Waals surface area (Å²) < 4.78 is 16.6. The van der Waals surface area contributed by atoms with Crippen molar-refractivity contribution >= 4 is 70.3 Å². The Labute approximate surface area is 481 Å². The molecule has 0 unspecified atom stereocenters. The van der Waals surface area contributed by atoms with Crippen molar-refractivity contribution in [1.29, 1.82) is 0 Å². The van der Waals surface area contributed by atoms with Gasteiger partial charge in [0.25, 0.3) is 0 Å². The van der Waals surface area contributed by atoms with E-state index in [1.54, 1.807) is 26.8 Å². The minimum Gasteiger partial charge on any atom is -0.508 e. The van der Waals surface area contributed by atoms with Crippen molar-refractivity contribution in [2.45, 2.75) is 130 Å². The number of carbonyl (C=O) groups is 9. The number of anilines is 1. The molecule has 0 bridgehead atoms. The molecule has 4 rings (SSSR count). The number of hydrogen-bond donors (Lipinski definition) is 13. The highest BCUT2D eigenvalue weighted by molar-refractivity contribution is 6.08. The van der Waals surface area contributed by atoms with E-state index in [4.69, 9.17) is 19.6 Å². The number of fused-ring (bicyclic) bond motifs is 2. The fraction of sp³-hybridized carbons (Fsp3) is 0.509. The van der Waals surface area contributed by atoms with Crippen molar-refractivity contribution in [2.24, 2.45) is 11.7 Å². The van der Waals surface area contributed by atoms with E-state index in [0.29, 0.717) is 42.4 Å². The van der Waals surface area contributed by atoms with Gasteiger partial charge in [0, 0.05) is 73.5 Å². The first-order valence-electron chi connectivity index (χ1n) is 27.7. The molecule has 1 heterocycles. The summed E-state index contributed by atoms with van der Waals surface area (Å²) in [5.41, 5.74) is 5.32. The van der Waals surface area contributed by atoms with Gasteiger partial charge in [0.15, 0.2) is 5.43 Å². The average molecular weight is 1160 g/mol. The zero-order chi connectivity index (χ0) is 61.2. The van der Waals surface area contributed by atoms with Crippen molar-refractivity contribution in [1.82, 2.24) is 47.9 Å². The number of unbranched alkanes of at least 4 members (excludes halogenated alkanes) is 2. The highest BCUT2D eigenvalue weighted by Crippen LogP contribution is 2.42. The maximum atomic E-state index is 14.1. The van der Waals surface area contributed by atoms with Gasteiger partial charge in [0.1, 0.15) is 46.9 Å². The molecule has 1 aliphatic carbocycles. The van der Waals surface area contributed by atoms with Crippen LogP contribution in [0.2, 0.25) is 0 Å². The number of nitrogens with one attached hydrogen (secondary N) is 10. The number of phenolic OH excluding ortho intramolecular Hbond substituents is 1. The summed E-state index contributed by atoms with van der Waals surface area (Å²) in [6.07, 6.45) is 2.24. The monoisotopic (exact) mass is 1160 g/mol. The van der Waals surface area contributed by atoms with E-state index in [0.717, 1.165) is 12.8 Å². The standard InChI is InChI=1S/C57H81N11O15/c1-33(2)29-44(52(75)64-34(3)49(72)60-25-12-24-59-47(71)20-27-81-28-26-62-54(78)61-22-11-9-21-58)68-51(74)43(13-8-10-23-63-56(80)83-57(5,6)7)67-50(73)35(4)65-55(79)66-36-14-17-39(42(30-36)53(76)77)48-40-18-15-37(69)31-45(40)82-46-32-38(70)16-19-41(46)48/h14-19,30-35,43-44,69H,8-13,20-29,58H2,1-7H3,(H,59,71)(H,60,72)(H,63,80)(H,64,75)(H,67,73)(H,68,74)(H,76,77)(H2,61,62,78)(H2,65,66,79)/t34-,35-,43-,44-/m0/s1. The number of urea groups is 2. The molecule has 0 saturated carbocycles. The number of carbonyl (C=O) groups excluding carboxylic acids is 8. The predicted molar refractivity (Wildman–Crippen MR) is 310 cm³/mol.